The molecule has 0 aromatic heterocycles. The Hall–Kier alpha value is -0.870. The molecule has 1 aromatic rings. The Labute approximate surface area is 127 Å². The summed E-state index contributed by atoms with van der Waals surface area (Å²) in [5.74, 6) is 1.58. The molecule has 0 saturated heterocycles. The predicted molar refractivity (Wildman–Crippen MR) is 87.1 cm³/mol. The smallest absolute Gasteiger partial charge is 0.161 e. The van der Waals surface area contributed by atoms with E-state index in [-0.39, 0.29) is 0 Å². The minimum Gasteiger partial charge on any atom is -0.493 e. The highest BCUT2D eigenvalue weighted by Crippen LogP contribution is 2.34. The standard InChI is InChI=1S/C16H27NO2S/c1-16(2,3)7-8-17-11-12-9-13(18-4)14(19-5)10-15(12)20-6/h9-10,17H,7-8,11H2,1-6H3. The molecular formula is C16H27NO2S. The molecule has 0 spiro atoms. The second kappa shape index (κ2) is 7.79. The number of ether oxygens (including phenoxy) is 2. The van der Waals surface area contributed by atoms with Crippen LogP contribution < -0.4 is 14.8 Å². The lowest BCUT2D eigenvalue weighted by molar-refractivity contribution is 0.352. The van der Waals surface area contributed by atoms with Gasteiger partial charge in [0, 0.05) is 11.4 Å². The highest BCUT2D eigenvalue weighted by Gasteiger charge is 2.12. The molecule has 0 unspecified atom stereocenters. The Balaban J connectivity index is 2.73. The van der Waals surface area contributed by atoms with Crippen molar-refractivity contribution < 1.29 is 9.47 Å². The second-order valence-electron chi connectivity index (χ2n) is 6.01. The first kappa shape index (κ1) is 17.2. The molecule has 0 saturated carbocycles. The summed E-state index contributed by atoms with van der Waals surface area (Å²) in [5.41, 5.74) is 1.62. The van der Waals surface area contributed by atoms with Gasteiger partial charge >= 0.3 is 0 Å². The Morgan fingerprint density at radius 3 is 2.20 bits per heavy atom. The van der Waals surface area contributed by atoms with Crippen LogP contribution in [0.15, 0.2) is 17.0 Å². The zero-order chi connectivity index (χ0) is 15.2. The third-order valence-electron chi connectivity index (χ3n) is 3.15. The summed E-state index contributed by atoms with van der Waals surface area (Å²) >= 11 is 1.73. The van der Waals surface area contributed by atoms with E-state index in [4.69, 9.17) is 9.47 Å². The number of methoxy groups -OCH3 is 2. The molecule has 0 atom stereocenters. The van der Waals surface area contributed by atoms with Gasteiger partial charge in [-0.2, -0.15) is 0 Å². The monoisotopic (exact) mass is 297 g/mol. The average molecular weight is 297 g/mol. The van der Waals surface area contributed by atoms with Crippen LogP contribution >= 0.6 is 11.8 Å². The quantitative estimate of drug-likeness (QED) is 0.610. The number of hydrogen-bond donors (Lipinski definition) is 1. The van der Waals surface area contributed by atoms with Gasteiger partial charge in [-0.25, -0.2) is 0 Å². The van der Waals surface area contributed by atoms with Gasteiger partial charge in [-0.3, -0.25) is 0 Å². The zero-order valence-corrected chi connectivity index (χ0v) is 14.3. The lowest BCUT2D eigenvalue weighted by Gasteiger charge is -2.19. The number of rotatable bonds is 7. The molecule has 4 heteroatoms. The molecule has 0 aliphatic heterocycles. The molecule has 1 rings (SSSR count). The van der Waals surface area contributed by atoms with E-state index in [0.717, 1.165) is 31.0 Å². The van der Waals surface area contributed by atoms with E-state index in [1.807, 2.05) is 6.07 Å². The number of hydrogen-bond acceptors (Lipinski definition) is 4. The van der Waals surface area contributed by atoms with Gasteiger partial charge in [-0.15, -0.1) is 11.8 Å². The van der Waals surface area contributed by atoms with Crippen LogP contribution in [0.5, 0.6) is 11.5 Å². The van der Waals surface area contributed by atoms with Gasteiger partial charge in [-0.1, -0.05) is 20.8 Å². The summed E-state index contributed by atoms with van der Waals surface area (Å²) in [6.45, 7) is 8.66. The van der Waals surface area contributed by atoms with E-state index in [0.29, 0.717) is 5.41 Å². The van der Waals surface area contributed by atoms with Crippen LogP contribution in [-0.4, -0.2) is 27.0 Å². The molecular weight excluding hydrogens is 270 g/mol. The highest BCUT2D eigenvalue weighted by atomic mass is 32.2. The predicted octanol–water partition coefficient (Wildman–Crippen LogP) is 3.95. The molecule has 3 nitrogen and oxygen atoms in total. The first-order chi connectivity index (χ1) is 9.41. The van der Waals surface area contributed by atoms with Crippen molar-refractivity contribution in [2.24, 2.45) is 5.41 Å². The van der Waals surface area contributed by atoms with E-state index in [9.17, 15) is 0 Å². The SMILES string of the molecule is COc1cc(CNCCC(C)(C)C)c(SC)cc1OC. The maximum Gasteiger partial charge on any atom is 0.161 e. The van der Waals surface area contributed by atoms with E-state index in [2.05, 4.69) is 38.4 Å². The molecule has 20 heavy (non-hydrogen) atoms. The highest BCUT2D eigenvalue weighted by molar-refractivity contribution is 7.98. The van der Waals surface area contributed by atoms with Crippen molar-refractivity contribution in [3.05, 3.63) is 17.7 Å². The van der Waals surface area contributed by atoms with Crippen molar-refractivity contribution in [1.82, 2.24) is 5.32 Å². The van der Waals surface area contributed by atoms with Gasteiger partial charge in [0.25, 0.3) is 0 Å². The van der Waals surface area contributed by atoms with E-state index >= 15 is 0 Å². The summed E-state index contributed by atoms with van der Waals surface area (Å²) < 4.78 is 10.7. The van der Waals surface area contributed by atoms with Crippen LogP contribution in [-0.2, 0) is 6.54 Å². The van der Waals surface area contributed by atoms with Crippen LogP contribution in [0.25, 0.3) is 0 Å². The first-order valence-corrected chi connectivity index (χ1v) is 8.13. The van der Waals surface area contributed by atoms with Crippen molar-refractivity contribution in [1.29, 1.82) is 0 Å². The summed E-state index contributed by atoms with van der Waals surface area (Å²) in [6, 6.07) is 4.11. The van der Waals surface area contributed by atoms with Crippen molar-refractivity contribution >= 4 is 11.8 Å². The van der Waals surface area contributed by atoms with Crippen LogP contribution in [0.4, 0.5) is 0 Å². The molecule has 0 fully saturated rings. The summed E-state index contributed by atoms with van der Waals surface area (Å²) in [6.07, 6.45) is 3.24. The molecule has 114 valence electrons. The topological polar surface area (TPSA) is 30.5 Å². The molecule has 1 aromatic carbocycles. The molecule has 0 amide bonds. The van der Waals surface area contributed by atoms with Gasteiger partial charge in [-0.05, 0) is 42.3 Å². The van der Waals surface area contributed by atoms with Gasteiger partial charge in [0.1, 0.15) is 0 Å². The van der Waals surface area contributed by atoms with Gasteiger partial charge < -0.3 is 14.8 Å². The molecule has 0 aliphatic carbocycles. The lowest BCUT2D eigenvalue weighted by atomic mass is 9.92. The number of nitrogens with one attached hydrogen (secondary N) is 1. The fourth-order valence-corrected chi connectivity index (χ4v) is 2.54. The Kier molecular flexibility index (Phi) is 6.69. The lowest BCUT2D eigenvalue weighted by Crippen LogP contribution is -2.20. The minimum atomic E-state index is 0.368. The number of benzene rings is 1. The maximum atomic E-state index is 5.37. The third kappa shape index (κ3) is 5.25. The van der Waals surface area contributed by atoms with Crippen LogP contribution in [0.3, 0.4) is 0 Å². The molecule has 0 heterocycles. The molecule has 0 aliphatic rings. The molecule has 1 N–H and O–H groups in total. The Morgan fingerprint density at radius 2 is 1.70 bits per heavy atom. The van der Waals surface area contributed by atoms with E-state index < -0.39 is 0 Å². The first-order valence-electron chi connectivity index (χ1n) is 6.91. The van der Waals surface area contributed by atoms with E-state index in [1.165, 1.54) is 10.5 Å². The fourth-order valence-electron chi connectivity index (χ4n) is 1.92. The molecule has 0 bridgehead atoms. The molecule has 0 radical (unpaired) electrons. The van der Waals surface area contributed by atoms with Crippen LogP contribution in [0.2, 0.25) is 0 Å². The largest absolute Gasteiger partial charge is 0.493 e. The summed E-state index contributed by atoms with van der Waals surface area (Å²) in [4.78, 5) is 1.23. The van der Waals surface area contributed by atoms with Crippen LogP contribution in [0.1, 0.15) is 32.8 Å². The van der Waals surface area contributed by atoms with Crippen molar-refractivity contribution in [2.45, 2.75) is 38.6 Å². The second-order valence-corrected chi connectivity index (χ2v) is 6.85. The van der Waals surface area contributed by atoms with Crippen molar-refractivity contribution in [3.8, 4) is 11.5 Å². The third-order valence-corrected chi connectivity index (χ3v) is 3.97. The van der Waals surface area contributed by atoms with Gasteiger partial charge in [0.15, 0.2) is 11.5 Å². The van der Waals surface area contributed by atoms with Crippen molar-refractivity contribution in [2.75, 3.05) is 27.0 Å². The van der Waals surface area contributed by atoms with Crippen molar-refractivity contribution in [3.63, 3.8) is 0 Å². The summed E-state index contributed by atoms with van der Waals surface area (Å²) in [7, 11) is 3.34. The van der Waals surface area contributed by atoms with Gasteiger partial charge in [0.2, 0.25) is 0 Å². The fraction of sp³-hybridized carbons (Fsp3) is 0.625. The minimum absolute atomic E-state index is 0.368. The zero-order valence-electron chi connectivity index (χ0n) is 13.5. The maximum absolute atomic E-state index is 5.37. The normalized spacial score (nSPS) is 11.5. The van der Waals surface area contributed by atoms with Crippen LogP contribution in [0, 0.1) is 5.41 Å². The van der Waals surface area contributed by atoms with E-state index in [1.54, 1.807) is 26.0 Å². The number of thioether (sulfide) groups is 1. The average Bonchev–Trinajstić information content (AvgIpc) is 2.41. The van der Waals surface area contributed by atoms with Gasteiger partial charge in [0.05, 0.1) is 14.2 Å². The Bertz CT molecular complexity index is 427. The summed E-state index contributed by atoms with van der Waals surface area (Å²) in [5, 5.41) is 3.51. The Morgan fingerprint density at radius 1 is 1.10 bits per heavy atom.